The Morgan fingerprint density at radius 3 is 3.07 bits per heavy atom. The highest BCUT2D eigenvalue weighted by Gasteiger charge is 2.23. The van der Waals surface area contributed by atoms with E-state index in [1.54, 1.807) is 11.3 Å². The summed E-state index contributed by atoms with van der Waals surface area (Å²) >= 11 is 1.78. The summed E-state index contributed by atoms with van der Waals surface area (Å²) < 4.78 is 0. The van der Waals surface area contributed by atoms with Crippen LogP contribution in [0.3, 0.4) is 0 Å². The molecule has 1 aliphatic rings. The average molecular weight is 220 g/mol. The van der Waals surface area contributed by atoms with E-state index >= 15 is 0 Å². The average Bonchev–Trinajstić information content (AvgIpc) is 2.54. The SMILES string of the molecule is CCNc1sc2c(c1C#N)CC[C@@H](C)C2. The molecule has 0 saturated heterocycles. The Balaban J connectivity index is 2.40. The number of rotatable bonds is 2. The van der Waals surface area contributed by atoms with Crippen LogP contribution in [0.2, 0.25) is 0 Å². The molecule has 0 spiro atoms. The van der Waals surface area contributed by atoms with Gasteiger partial charge in [-0.15, -0.1) is 11.3 Å². The second kappa shape index (κ2) is 4.24. The molecule has 0 radical (unpaired) electrons. The first-order chi connectivity index (χ1) is 7.26. The van der Waals surface area contributed by atoms with Gasteiger partial charge in [0.05, 0.1) is 5.56 Å². The minimum absolute atomic E-state index is 0.775. The molecule has 0 fully saturated rings. The summed E-state index contributed by atoms with van der Waals surface area (Å²) in [6, 6.07) is 2.35. The Labute approximate surface area is 94.9 Å². The first kappa shape index (κ1) is 10.5. The zero-order valence-corrected chi connectivity index (χ0v) is 10.1. The van der Waals surface area contributed by atoms with Crippen molar-refractivity contribution in [2.45, 2.75) is 33.1 Å². The maximum absolute atomic E-state index is 9.17. The monoisotopic (exact) mass is 220 g/mol. The number of nitrogens with zero attached hydrogens (tertiary/aromatic N) is 1. The number of hydrogen-bond acceptors (Lipinski definition) is 3. The van der Waals surface area contributed by atoms with Gasteiger partial charge in [-0.3, -0.25) is 0 Å². The van der Waals surface area contributed by atoms with Crippen molar-refractivity contribution < 1.29 is 0 Å². The van der Waals surface area contributed by atoms with Gasteiger partial charge in [0.25, 0.3) is 0 Å². The molecule has 80 valence electrons. The molecule has 0 saturated carbocycles. The van der Waals surface area contributed by atoms with E-state index in [0.717, 1.165) is 35.9 Å². The van der Waals surface area contributed by atoms with E-state index in [-0.39, 0.29) is 0 Å². The standard InChI is InChI=1S/C12H16N2S/c1-3-14-12-10(7-13)9-5-4-8(2)6-11(9)15-12/h8,14H,3-6H2,1-2H3/t8-/m1/s1. The van der Waals surface area contributed by atoms with Gasteiger partial charge in [-0.1, -0.05) is 6.92 Å². The zero-order chi connectivity index (χ0) is 10.8. The molecular weight excluding hydrogens is 204 g/mol. The van der Waals surface area contributed by atoms with Gasteiger partial charge in [-0.05, 0) is 37.7 Å². The van der Waals surface area contributed by atoms with Crippen molar-refractivity contribution in [1.29, 1.82) is 5.26 Å². The lowest BCUT2D eigenvalue weighted by Crippen LogP contribution is -2.09. The second-order valence-electron chi connectivity index (χ2n) is 4.20. The summed E-state index contributed by atoms with van der Waals surface area (Å²) in [5.41, 5.74) is 2.22. The molecule has 1 aliphatic carbocycles. The van der Waals surface area contributed by atoms with Crippen LogP contribution in [-0.2, 0) is 12.8 Å². The van der Waals surface area contributed by atoms with E-state index in [4.69, 9.17) is 0 Å². The van der Waals surface area contributed by atoms with Gasteiger partial charge in [-0.25, -0.2) is 0 Å². The van der Waals surface area contributed by atoms with Crippen LogP contribution in [0.1, 0.15) is 36.3 Å². The number of fused-ring (bicyclic) bond motifs is 1. The number of thiophene rings is 1. The first-order valence-electron chi connectivity index (χ1n) is 5.54. The highest BCUT2D eigenvalue weighted by atomic mass is 32.1. The van der Waals surface area contributed by atoms with Crippen molar-refractivity contribution in [3.8, 4) is 6.07 Å². The molecule has 1 aromatic heterocycles. The predicted octanol–water partition coefficient (Wildman–Crippen LogP) is 3.18. The van der Waals surface area contributed by atoms with E-state index in [0.29, 0.717) is 0 Å². The van der Waals surface area contributed by atoms with E-state index in [1.807, 2.05) is 0 Å². The lowest BCUT2D eigenvalue weighted by atomic mass is 9.89. The summed E-state index contributed by atoms with van der Waals surface area (Å²) in [7, 11) is 0. The van der Waals surface area contributed by atoms with Crippen molar-refractivity contribution in [1.82, 2.24) is 0 Å². The van der Waals surface area contributed by atoms with Crippen molar-refractivity contribution in [3.63, 3.8) is 0 Å². The Bertz CT molecular complexity index is 400. The third-order valence-electron chi connectivity index (χ3n) is 2.96. The minimum Gasteiger partial charge on any atom is -0.376 e. The smallest absolute Gasteiger partial charge is 0.107 e. The molecular formula is C12H16N2S. The second-order valence-corrected chi connectivity index (χ2v) is 5.30. The molecule has 1 atom stereocenters. The molecule has 15 heavy (non-hydrogen) atoms. The first-order valence-corrected chi connectivity index (χ1v) is 6.36. The van der Waals surface area contributed by atoms with E-state index < -0.39 is 0 Å². The van der Waals surface area contributed by atoms with E-state index in [9.17, 15) is 5.26 Å². The van der Waals surface area contributed by atoms with Gasteiger partial charge in [-0.2, -0.15) is 5.26 Å². The maximum Gasteiger partial charge on any atom is 0.107 e. The van der Waals surface area contributed by atoms with Gasteiger partial charge in [0.15, 0.2) is 0 Å². The van der Waals surface area contributed by atoms with Crippen LogP contribution in [0.15, 0.2) is 0 Å². The zero-order valence-electron chi connectivity index (χ0n) is 9.26. The third-order valence-corrected chi connectivity index (χ3v) is 4.17. The van der Waals surface area contributed by atoms with Crippen LogP contribution in [0, 0.1) is 17.2 Å². The van der Waals surface area contributed by atoms with Crippen LogP contribution >= 0.6 is 11.3 Å². The Morgan fingerprint density at radius 1 is 1.60 bits per heavy atom. The molecule has 1 heterocycles. The van der Waals surface area contributed by atoms with Crippen LogP contribution in [0.25, 0.3) is 0 Å². The van der Waals surface area contributed by atoms with Crippen molar-refractivity contribution in [2.75, 3.05) is 11.9 Å². The fourth-order valence-corrected chi connectivity index (χ4v) is 3.58. The Morgan fingerprint density at radius 2 is 2.40 bits per heavy atom. The van der Waals surface area contributed by atoms with Gasteiger partial charge in [0.2, 0.25) is 0 Å². The minimum atomic E-state index is 0.775. The topological polar surface area (TPSA) is 35.8 Å². The van der Waals surface area contributed by atoms with E-state index in [1.165, 1.54) is 16.9 Å². The van der Waals surface area contributed by atoms with Crippen LogP contribution in [0.4, 0.5) is 5.00 Å². The molecule has 1 aromatic rings. The Hall–Kier alpha value is -1.01. The lowest BCUT2D eigenvalue weighted by Gasteiger charge is -2.17. The van der Waals surface area contributed by atoms with Crippen LogP contribution in [-0.4, -0.2) is 6.54 Å². The normalized spacial score (nSPS) is 19.4. The summed E-state index contributed by atoms with van der Waals surface area (Å²) in [6.07, 6.45) is 3.46. The predicted molar refractivity (Wildman–Crippen MR) is 64.4 cm³/mol. The summed E-state index contributed by atoms with van der Waals surface area (Å²) in [5.74, 6) is 0.775. The van der Waals surface area contributed by atoms with Gasteiger partial charge in [0.1, 0.15) is 11.1 Å². The number of nitrogens with one attached hydrogen (secondary N) is 1. The maximum atomic E-state index is 9.17. The molecule has 0 aliphatic heterocycles. The highest BCUT2D eigenvalue weighted by Crippen LogP contribution is 2.38. The van der Waals surface area contributed by atoms with Crippen molar-refractivity contribution in [3.05, 3.63) is 16.0 Å². The molecule has 3 heteroatoms. The molecule has 2 nitrogen and oxygen atoms in total. The van der Waals surface area contributed by atoms with E-state index in [2.05, 4.69) is 25.2 Å². The van der Waals surface area contributed by atoms with Gasteiger partial charge >= 0.3 is 0 Å². The summed E-state index contributed by atoms with van der Waals surface area (Å²) in [4.78, 5) is 1.43. The molecule has 0 unspecified atom stereocenters. The molecule has 1 N–H and O–H groups in total. The molecule has 0 bridgehead atoms. The molecule has 0 amide bonds. The fourth-order valence-electron chi connectivity index (χ4n) is 2.15. The number of hydrogen-bond donors (Lipinski definition) is 1. The third kappa shape index (κ3) is 1.87. The van der Waals surface area contributed by atoms with Crippen LogP contribution < -0.4 is 5.32 Å². The van der Waals surface area contributed by atoms with Crippen LogP contribution in [0.5, 0.6) is 0 Å². The van der Waals surface area contributed by atoms with Gasteiger partial charge < -0.3 is 5.32 Å². The van der Waals surface area contributed by atoms with Crippen molar-refractivity contribution in [2.24, 2.45) is 5.92 Å². The fraction of sp³-hybridized carbons (Fsp3) is 0.583. The highest BCUT2D eigenvalue weighted by molar-refractivity contribution is 7.16. The number of anilines is 1. The molecule has 2 rings (SSSR count). The lowest BCUT2D eigenvalue weighted by molar-refractivity contribution is 0.507. The summed E-state index contributed by atoms with van der Waals surface area (Å²) in [5, 5.41) is 13.6. The summed E-state index contributed by atoms with van der Waals surface area (Å²) in [6.45, 7) is 5.26. The molecule has 0 aromatic carbocycles. The quantitative estimate of drug-likeness (QED) is 0.831. The largest absolute Gasteiger partial charge is 0.376 e. The van der Waals surface area contributed by atoms with Gasteiger partial charge in [0, 0.05) is 11.4 Å². The van der Waals surface area contributed by atoms with Crippen molar-refractivity contribution >= 4 is 16.3 Å². The number of nitriles is 1. The Kier molecular flexibility index (Phi) is 2.97.